The van der Waals surface area contributed by atoms with Crippen LogP contribution in [0.4, 0.5) is 0 Å². The Hall–Kier alpha value is -1.64. The third kappa shape index (κ3) is 2.89. The Bertz CT molecular complexity index is 650. The Kier molecular flexibility index (Phi) is 4.54. The minimum Gasteiger partial charge on any atom is -0.458 e. The van der Waals surface area contributed by atoms with Crippen molar-refractivity contribution in [2.75, 3.05) is 0 Å². The molecule has 0 aliphatic heterocycles. The van der Waals surface area contributed by atoms with Gasteiger partial charge in [0.15, 0.2) is 0 Å². The molecule has 3 aliphatic rings. The van der Waals surface area contributed by atoms with Crippen molar-refractivity contribution in [1.82, 2.24) is 0 Å². The Morgan fingerprint density at radius 3 is 2.75 bits per heavy atom. The van der Waals surface area contributed by atoms with Crippen molar-refractivity contribution < 1.29 is 14.3 Å². The van der Waals surface area contributed by atoms with Crippen molar-refractivity contribution >= 4 is 12.3 Å². The minimum atomic E-state index is -0.241. The van der Waals surface area contributed by atoms with Gasteiger partial charge in [0.25, 0.3) is 0 Å². The molecule has 0 N–H and O–H groups in total. The first-order chi connectivity index (χ1) is 11.4. The molecule has 1 unspecified atom stereocenters. The average Bonchev–Trinajstić information content (AvgIpc) is 2.77. The Morgan fingerprint density at radius 1 is 1.38 bits per heavy atom. The summed E-state index contributed by atoms with van der Waals surface area (Å²) in [4.78, 5) is 23.3. The van der Waals surface area contributed by atoms with Crippen LogP contribution in [-0.4, -0.2) is 18.4 Å². The standard InChI is InChI=1S/C21H28O3/c1-13(2)16-8-9-21(4)11-18-15(12-22)6-5-7-17(18)20(10-19(16)21)24-14(3)23/h7-8,12-13,19-20H,5-6,9-11H2,1-4H3/t19?,20-,21+/m1/s1. The Labute approximate surface area is 144 Å². The highest BCUT2D eigenvalue weighted by Crippen LogP contribution is 2.56. The molecule has 3 heteroatoms. The summed E-state index contributed by atoms with van der Waals surface area (Å²) in [5, 5.41) is 0. The molecular formula is C21H28O3. The SMILES string of the molecule is CC(=O)O[C@@H]1CC2C(C(C)C)=CC[C@@]2(C)CC2=C(C=O)CCC=C21. The molecule has 0 saturated heterocycles. The minimum absolute atomic E-state index is 0.120. The van der Waals surface area contributed by atoms with Crippen LogP contribution >= 0.6 is 0 Å². The Morgan fingerprint density at radius 2 is 2.12 bits per heavy atom. The van der Waals surface area contributed by atoms with Gasteiger partial charge in [-0.2, -0.15) is 0 Å². The largest absolute Gasteiger partial charge is 0.458 e. The van der Waals surface area contributed by atoms with E-state index in [0.29, 0.717) is 11.8 Å². The van der Waals surface area contributed by atoms with E-state index in [1.165, 1.54) is 12.5 Å². The summed E-state index contributed by atoms with van der Waals surface area (Å²) in [7, 11) is 0. The molecule has 24 heavy (non-hydrogen) atoms. The summed E-state index contributed by atoms with van der Waals surface area (Å²) in [6, 6.07) is 0. The van der Waals surface area contributed by atoms with Crippen molar-refractivity contribution in [2.24, 2.45) is 17.3 Å². The quantitative estimate of drug-likeness (QED) is 0.434. The lowest BCUT2D eigenvalue weighted by atomic mass is 9.70. The molecule has 0 heterocycles. The van der Waals surface area contributed by atoms with Crippen LogP contribution in [-0.2, 0) is 14.3 Å². The van der Waals surface area contributed by atoms with E-state index in [9.17, 15) is 9.59 Å². The van der Waals surface area contributed by atoms with E-state index in [4.69, 9.17) is 4.74 Å². The monoisotopic (exact) mass is 328 g/mol. The molecule has 3 nitrogen and oxygen atoms in total. The third-order valence-corrected chi connectivity index (χ3v) is 6.06. The van der Waals surface area contributed by atoms with Crippen LogP contribution in [0.25, 0.3) is 0 Å². The molecule has 3 aliphatic carbocycles. The summed E-state index contributed by atoms with van der Waals surface area (Å²) in [5.74, 6) is 0.673. The number of carbonyl (C=O) groups excluding carboxylic acids is 2. The van der Waals surface area contributed by atoms with Gasteiger partial charge < -0.3 is 4.74 Å². The van der Waals surface area contributed by atoms with Crippen LogP contribution in [0.5, 0.6) is 0 Å². The number of aldehydes is 1. The summed E-state index contributed by atoms with van der Waals surface area (Å²) in [6.45, 7) is 8.30. The lowest BCUT2D eigenvalue weighted by Gasteiger charge is -2.34. The molecule has 0 amide bonds. The predicted octanol–water partition coefficient (Wildman–Crippen LogP) is 4.54. The van der Waals surface area contributed by atoms with Gasteiger partial charge in [-0.3, -0.25) is 9.59 Å². The fourth-order valence-electron chi connectivity index (χ4n) is 4.86. The normalized spacial score (nSPS) is 32.5. The van der Waals surface area contributed by atoms with Crippen molar-refractivity contribution in [3.63, 3.8) is 0 Å². The molecule has 0 aromatic heterocycles. The summed E-state index contributed by atoms with van der Waals surface area (Å²) in [6.07, 6.45) is 9.82. The molecule has 130 valence electrons. The maximum atomic E-state index is 11.7. The van der Waals surface area contributed by atoms with Crippen molar-refractivity contribution in [1.29, 1.82) is 0 Å². The maximum absolute atomic E-state index is 11.7. The van der Waals surface area contributed by atoms with E-state index in [-0.39, 0.29) is 17.5 Å². The lowest BCUT2D eigenvalue weighted by molar-refractivity contribution is -0.145. The second kappa shape index (κ2) is 6.34. The first-order valence-corrected chi connectivity index (χ1v) is 9.10. The zero-order valence-electron chi connectivity index (χ0n) is 15.2. The topological polar surface area (TPSA) is 43.4 Å². The smallest absolute Gasteiger partial charge is 0.303 e. The zero-order chi connectivity index (χ0) is 17.5. The van der Waals surface area contributed by atoms with Crippen LogP contribution in [0.3, 0.4) is 0 Å². The maximum Gasteiger partial charge on any atom is 0.303 e. The predicted molar refractivity (Wildman–Crippen MR) is 94.3 cm³/mol. The highest BCUT2D eigenvalue weighted by atomic mass is 16.5. The summed E-state index contributed by atoms with van der Waals surface area (Å²) < 4.78 is 5.73. The molecule has 3 rings (SSSR count). The van der Waals surface area contributed by atoms with Gasteiger partial charge in [0.05, 0.1) is 0 Å². The highest BCUT2D eigenvalue weighted by molar-refractivity contribution is 5.78. The number of esters is 1. The number of rotatable bonds is 3. The van der Waals surface area contributed by atoms with E-state index in [0.717, 1.165) is 55.1 Å². The number of carbonyl (C=O) groups is 2. The average molecular weight is 328 g/mol. The fraction of sp³-hybridized carbons (Fsp3) is 0.619. The molecule has 0 spiro atoms. The molecule has 1 fully saturated rings. The van der Waals surface area contributed by atoms with Crippen LogP contribution < -0.4 is 0 Å². The van der Waals surface area contributed by atoms with E-state index in [2.05, 4.69) is 32.9 Å². The van der Waals surface area contributed by atoms with E-state index < -0.39 is 0 Å². The van der Waals surface area contributed by atoms with Crippen molar-refractivity contribution in [3.05, 3.63) is 34.4 Å². The molecule has 3 atom stereocenters. The lowest BCUT2D eigenvalue weighted by Crippen LogP contribution is -2.28. The molecular weight excluding hydrogens is 300 g/mol. The number of hydrogen-bond acceptors (Lipinski definition) is 3. The molecule has 0 bridgehead atoms. The summed E-state index contributed by atoms with van der Waals surface area (Å²) in [5.41, 5.74) is 4.75. The molecule has 0 radical (unpaired) electrons. The zero-order valence-corrected chi connectivity index (χ0v) is 15.2. The first kappa shape index (κ1) is 17.2. The van der Waals surface area contributed by atoms with Crippen LogP contribution in [0.2, 0.25) is 0 Å². The van der Waals surface area contributed by atoms with Crippen molar-refractivity contribution in [3.8, 4) is 0 Å². The van der Waals surface area contributed by atoms with Gasteiger partial charge in [-0.1, -0.05) is 38.5 Å². The van der Waals surface area contributed by atoms with Gasteiger partial charge in [-0.15, -0.1) is 0 Å². The van der Waals surface area contributed by atoms with Gasteiger partial charge in [-0.05, 0) is 66.1 Å². The second-order valence-electron chi connectivity index (χ2n) is 8.10. The van der Waals surface area contributed by atoms with Crippen LogP contribution in [0, 0.1) is 17.3 Å². The molecule has 1 saturated carbocycles. The van der Waals surface area contributed by atoms with E-state index in [1.54, 1.807) is 0 Å². The third-order valence-electron chi connectivity index (χ3n) is 6.06. The van der Waals surface area contributed by atoms with Crippen LogP contribution in [0.1, 0.15) is 59.8 Å². The second-order valence-corrected chi connectivity index (χ2v) is 8.10. The van der Waals surface area contributed by atoms with Gasteiger partial charge in [0, 0.05) is 6.92 Å². The first-order valence-electron chi connectivity index (χ1n) is 9.10. The number of ether oxygens (including phenoxy) is 1. The van der Waals surface area contributed by atoms with E-state index in [1.807, 2.05) is 0 Å². The van der Waals surface area contributed by atoms with Crippen molar-refractivity contribution in [2.45, 2.75) is 65.9 Å². The number of fused-ring (bicyclic) bond motifs is 2. The molecule has 0 aromatic rings. The van der Waals surface area contributed by atoms with Gasteiger partial charge in [-0.25, -0.2) is 0 Å². The van der Waals surface area contributed by atoms with Gasteiger partial charge in [0.1, 0.15) is 12.4 Å². The molecule has 0 aromatic carbocycles. The van der Waals surface area contributed by atoms with Gasteiger partial charge >= 0.3 is 5.97 Å². The Balaban J connectivity index is 2.07. The number of hydrogen-bond donors (Lipinski definition) is 0. The van der Waals surface area contributed by atoms with Gasteiger partial charge in [0.2, 0.25) is 0 Å². The highest BCUT2D eigenvalue weighted by Gasteiger charge is 2.47. The number of allylic oxidation sites excluding steroid dienone is 4. The van der Waals surface area contributed by atoms with Crippen LogP contribution in [0.15, 0.2) is 34.4 Å². The summed E-state index contributed by atoms with van der Waals surface area (Å²) >= 11 is 0. The van der Waals surface area contributed by atoms with E-state index >= 15 is 0 Å². The fourth-order valence-corrected chi connectivity index (χ4v) is 4.86.